The number of halogens is 1. The molecule has 0 atom stereocenters. The fourth-order valence-corrected chi connectivity index (χ4v) is 4.68. The zero-order valence-corrected chi connectivity index (χ0v) is 14.9. The Morgan fingerprint density at radius 3 is 2.58 bits per heavy atom. The van der Waals surface area contributed by atoms with Gasteiger partial charge in [0, 0.05) is 10.1 Å². The van der Waals surface area contributed by atoms with E-state index in [1.165, 1.54) is 17.4 Å². The van der Waals surface area contributed by atoms with E-state index in [-0.39, 0.29) is 16.1 Å². The highest BCUT2D eigenvalue weighted by Crippen LogP contribution is 2.33. The van der Waals surface area contributed by atoms with Crippen LogP contribution in [0.3, 0.4) is 0 Å². The molecule has 0 radical (unpaired) electrons. The second kappa shape index (κ2) is 6.07. The third-order valence-corrected chi connectivity index (χ3v) is 5.73. The number of sulfonamides is 1. The minimum atomic E-state index is -3.47. The lowest BCUT2D eigenvalue weighted by atomic mass is 10.1. The van der Waals surface area contributed by atoms with Crippen LogP contribution in [0.25, 0.3) is 10.1 Å². The third-order valence-electron chi connectivity index (χ3n) is 3.03. The molecule has 7 nitrogen and oxygen atoms in total. The van der Waals surface area contributed by atoms with Crippen molar-refractivity contribution in [1.82, 2.24) is 10.2 Å². The molecule has 1 aromatic carbocycles. The molecule has 2 heterocycles. The largest absolute Gasteiger partial charge is 0.296 e. The van der Waals surface area contributed by atoms with Gasteiger partial charge < -0.3 is 0 Å². The van der Waals surface area contributed by atoms with Crippen molar-refractivity contribution < 1.29 is 17.6 Å². The smallest absolute Gasteiger partial charge is 0.267 e. The normalized spacial score (nSPS) is 11.6. The van der Waals surface area contributed by atoms with Gasteiger partial charge in [-0.3, -0.25) is 14.8 Å². The molecule has 2 aromatic heterocycles. The maximum absolute atomic E-state index is 13.9. The van der Waals surface area contributed by atoms with E-state index >= 15 is 0 Å². The second-order valence-corrected chi connectivity index (χ2v) is 8.69. The molecule has 0 aliphatic heterocycles. The van der Waals surface area contributed by atoms with Crippen LogP contribution in [0.2, 0.25) is 0 Å². The molecule has 126 valence electrons. The van der Waals surface area contributed by atoms with Crippen LogP contribution in [0.4, 0.5) is 14.7 Å². The van der Waals surface area contributed by atoms with Gasteiger partial charge in [-0.1, -0.05) is 17.4 Å². The summed E-state index contributed by atoms with van der Waals surface area (Å²) in [7, 11) is -3.47. The standard InChI is InChI=1S/C13H11FN4O3S3/c1-6-9-7(14)4-3-5-8(9)22-10(6)11(19)15-12-16-17-13(23-12)18-24(2,20)21/h3-5H,1-2H3,(H,17,18)(H,15,16,19). The number of aromatic nitrogens is 2. The maximum atomic E-state index is 13.9. The Labute approximate surface area is 144 Å². The number of rotatable bonds is 4. The minimum absolute atomic E-state index is 0.0481. The highest BCUT2D eigenvalue weighted by Gasteiger charge is 2.19. The fraction of sp³-hybridized carbons (Fsp3) is 0.154. The molecule has 0 saturated heterocycles. The Morgan fingerprint density at radius 1 is 1.21 bits per heavy atom. The van der Waals surface area contributed by atoms with Crippen molar-refractivity contribution in [3.63, 3.8) is 0 Å². The van der Waals surface area contributed by atoms with Gasteiger partial charge >= 0.3 is 0 Å². The lowest BCUT2D eigenvalue weighted by Gasteiger charge is -1.99. The number of carbonyl (C=O) groups excluding carboxylic acids is 1. The number of hydrogen-bond donors (Lipinski definition) is 2. The van der Waals surface area contributed by atoms with Gasteiger partial charge in [0.15, 0.2) is 0 Å². The Hall–Kier alpha value is -2.11. The van der Waals surface area contributed by atoms with Crippen molar-refractivity contribution in [3.8, 4) is 0 Å². The van der Waals surface area contributed by atoms with E-state index in [1.54, 1.807) is 19.1 Å². The van der Waals surface area contributed by atoms with Crippen LogP contribution in [0.15, 0.2) is 18.2 Å². The first-order valence-electron chi connectivity index (χ1n) is 6.55. The average molecular weight is 386 g/mol. The highest BCUT2D eigenvalue weighted by molar-refractivity contribution is 7.92. The summed E-state index contributed by atoms with van der Waals surface area (Å²) >= 11 is 2.06. The molecule has 11 heteroatoms. The molecule has 0 unspecified atom stereocenters. The topological polar surface area (TPSA) is 101 Å². The first kappa shape index (κ1) is 16.7. The molecule has 0 saturated carbocycles. The van der Waals surface area contributed by atoms with E-state index in [2.05, 4.69) is 20.2 Å². The fourth-order valence-electron chi connectivity index (χ4n) is 2.10. The van der Waals surface area contributed by atoms with Crippen molar-refractivity contribution in [2.75, 3.05) is 16.3 Å². The Bertz CT molecular complexity index is 1040. The number of nitrogens with one attached hydrogen (secondary N) is 2. The van der Waals surface area contributed by atoms with Crippen LogP contribution in [-0.2, 0) is 10.0 Å². The van der Waals surface area contributed by atoms with Crippen LogP contribution >= 0.6 is 22.7 Å². The number of aryl methyl sites for hydroxylation is 1. The molecule has 24 heavy (non-hydrogen) atoms. The van der Waals surface area contributed by atoms with Crippen LogP contribution in [-0.4, -0.2) is 30.8 Å². The van der Waals surface area contributed by atoms with Crippen molar-refractivity contribution in [2.45, 2.75) is 6.92 Å². The number of fused-ring (bicyclic) bond motifs is 1. The van der Waals surface area contributed by atoms with Crippen molar-refractivity contribution >= 4 is 59.0 Å². The van der Waals surface area contributed by atoms with Crippen LogP contribution in [0.5, 0.6) is 0 Å². The number of benzene rings is 1. The molecule has 2 N–H and O–H groups in total. The SMILES string of the molecule is Cc1c(C(=O)Nc2nnc(NS(C)(=O)=O)s2)sc2cccc(F)c12. The van der Waals surface area contributed by atoms with E-state index in [1.807, 2.05) is 0 Å². The summed E-state index contributed by atoms with van der Waals surface area (Å²) in [6, 6.07) is 4.67. The maximum Gasteiger partial charge on any atom is 0.267 e. The van der Waals surface area contributed by atoms with Gasteiger partial charge in [0.05, 0.1) is 11.1 Å². The summed E-state index contributed by atoms with van der Waals surface area (Å²) in [6.45, 7) is 1.67. The molecular formula is C13H11FN4O3S3. The Kier molecular flexibility index (Phi) is 4.24. The van der Waals surface area contributed by atoms with Gasteiger partial charge in [-0.25, -0.2) is 12.8 Å². The molecule has 0 aliphatic carbocycles. The van der Waals surface area contributed by atoms with E-state index in [0.29, 0.717) is 20.5 Å². The van der Waals surface area contributed by atoms with Gasteiger partial charge in [-0.2, -0.15) is 0 Å². The second-order valence-electron chi connectivity index (χ2n) is 4.91. The monoisotopic (exact) mass is 386 g/mol. The van der Waals surface area contributed by atoms with Crippen LogP contribution in [0, 0.1) is 12.7 Å². The number of amides is 1. The van der Waals surface area contributed by atoms with E-state index in [0.717, 1.165) is 17.6 Å². The Balaban J connectivity index is 1.86. The minimum Gasteiger partial charge on any atom is -0.296 e. The van der Waals surface area contributed by atoms with Gasteiger partial charge in [-0.05, 0) is 24.6 Å². The molecule has 0 aliphatic rings. The van der Waals surface area contributed by atoms with Crippen molar-refractivity contribution in [1.29, 1.82) is 0 Å². The molecule has 3 rings (SSSR count). The summed E-state index contributed by atoms with van der Waals surface area (Å²) in [6.07, 6.45) is 0.988. The number of nitrogens with zero attached hydrogens (tertiary/aromatic N) is 2. The predicted octanol–water partition coefficient (Wildman–Crippen LogP) is 2.82. The highest BCUT2D eigenvalue weighted by atomic mass is 32.2. The third kappa shape index (κ3) is 3.37. The predicted molar refractivity (Wildman–Crippen MR) is 92.8 cm³/mol. The lowest BCUT2D eigenvalue weighted by Crippen LogP contribution is -2.11. The molecule has 0 spiro atoms. The summed E-state index contributed by atoms with van der Waals surface area (Å²) < 4.78 is 39.0. The summed E-state index contributed by atoms with van der Waals surface area (Å²) in [5, 5.41) is 10.5. The Morgan fingerprint density at radius 2 is 1.92 bits per heavy atom. The number of thiophene rings is 1. The quantitative estimate of drug-likeness (QED) is 0.718. The molecule has 1 amide bonds. The van der Waals surface area contributed by atoms with E-state index in [9.17, 15) is 17.6 Å². The lowest BCUT2D eigenvalue weighted by molar-refractivity contribution is 0.103. The summed E-state index contributed by atoms with van der Waals surface area (Å²) in [5.41, 5.74) is 0.546. The summed E-state index contributed by atoms with van der Waals surface area (Å²) in [4.78, 5) is 12.8. The molecule has 0 fully saturated rings. The summed E-state index contributed by atoms with van der Waals surface area (Å²) in [5.74, 6) is -0.828. The number of anilines is 2. The van der Waals surface area contributed by atoms with Crippen molar-refractivity contribution in [3.05, 3.63) is 34.5 Å². The first-order chi connectivity index (χ1) is 11.2. The van der Waals surface area contributed by atoms with E-state index < -0.39 is 15.9 Å². The number of hydrogen-bond acceptors (Lipinski definition) is 7. The van der Waals surface area contributed by atoms with Crippen LogP contribution < -0.4 is 10.0 Å². The average Bonchev–Trinajstić information content (AvgIpc) is 3.02. The zero-order valence-electron chi connectivity index (χ0n) is 12.5. The van der Waals surface area contributed by atoms with Gasteiger partial charge in [0.2, 0.25) is 20.3 Å². The van der Waals surface area contributed by atoms with Crippen LogP contribution in [0.1, 0.15) is 15.2 Å². The van der Waals surface area contributed by atoms with E-state index in [4.69, 9.17) is 0 Å². The van der Waals surface area contributed by atoms with Crippen molar-refractivity contribution in [2.24, 2.45) is 0 Å². The molecule has 3 aromatic rings. The van der Waals surface area contributed by atoms with Gasteiger partial charge in [0.1, 0.15) is 5.82 Å². The van der Waals surface area contributed by atoms with Gasteiger partial charge in [0.25, 0.3) is 5.91 Å². The first-order valence-corrected chi connectivity index (χ1v) is 10.1. The van der Waals surface area contributed by atoms with Gasteiger partial charge in [-0.15, -0.1) is 21.5 Å². The molecule has 0 bridgehead atoms. The zero-order chi connectivity index (χ0) is 17.5. The number of carbonyl (C=O) groups is 1. The molecular weight excluding hydrogens is 375 g/mol.